The van der Waals surface area contributed by atoms with Crippen LogP contribution in [0.1, 0.15) is 46.3 Å². The second-order valence-corrected chi connectivity index (χ2v) is 10.8. The van der Waals surface area contributed by atoms with E-state index in [1.165, 1.54) is 43.5 Å². The molecule has 0 saturated heterocycles. The van der Waals surface area contributed by atoms with Gasteiger partial charge in [-0.2, -0.15) is 0 Å². The fourth-order valence-electron chi connectivity index (χ4n) is 4.78. The van der Waals surface area contributed by atoms with Crippen molar-refractivity contribution in [2.45, 2.75) is 25.8 Å². The Morgan fingerprint density at radius 3 is 2.39 bits per heavy atom. The summed E-state index contributed by atoms with van der Waals surface area (Å²) in [5, 5.41) is 22.0. The van der Waals surface area contributed by atoms with E-state index in [0.29, 0.717) is 16.0 Å². The number of primary amides is 1. The van der Waals surface area contributed by atoms with Gasteiger partial charge in [-0.1, -0.05) is 24.3 Å². The molecule has 1 atom stereocenters. The van der Waals surface area contributed by atoms with E-state index in [1.54, 1.807) is 25.9 Å². The first-order valence-electron chi connectivity index (χ1n) is 13.1. The van der Waals surface area contributed by atoms with Crippen LogP contribution in [-0.4, -0.2) is 53.2 Å². The number of carbonyl (C=O) groups is 2. The van der Waals surface area contributed by atoms with Crippen molar-refractivity contribution in [3.05, 3.63) is 92.5 Å². The van der Waals surface area contributed by atoms with Crippen LogP contribution in [0, 0.1) is 21.7 Å². The molecule has 0 radical (unpaired) electrons. The molecule has 0 saturated carbocycles. The number of benzene rings is 2. The number of hydrogen-bond donors (Lipinski definition) is 2. The zero-order chi connectivity index (χ0) is 32.1. The summed E-state index contributed by atoms with van der Waals surface area (Å²) in [6.45, 7) is 1.83. The molecule has 4 rings (SSSR count). The number of hydrogen-bond acceptors (Lipinski definition) is 10. The molecule has 3 N–H and O–H groups in total. The molecule has 0 aliphatic carbocycles. The maximum absolute atomic E-state index is 15.1. The molecule has 2 amide bonds. The van der Waals surface area contributed by atoms with Crippen molar-refractivity contribution in [2.24, 2.45) is 5.73 Å². The van der Waals surface area contributed by atoms with Gasteiger partial charge < -0.3 is 25.4 Å². The van der Waals surface area contributed by atoms with Crippen molar-refractivity contribution >= 4 is 34.8 Å². The van der Waals surface area contributed by atoms with Gasteiger partial charge in [0.05, 0.1) is 17.6 Å². The van der Waals surface area contributed by atoms with Gasteiger partial charge in [0.2, 0.25) is 5.88 Å². The highest BCUT2D eigenvalue weighted by molar-refractivity contribution is 7.18. The summed E-state index contributed by atoms with van der Waals surface area (Å²) < 4.78 is 40.4. The van der Waals surface area contributed by atoms with Gasteiger partial charge in [0.25, 0.3) is 11.6 Å². The van der Waals surface area contributed by atoms with Gasteiger partial charge >= 0.3 is 6.09 Å². The number of nitrogens with zero attached hydrogens (tertiary/aromatic N) is 4. The number of methoxy groups -OCH3 is 1. The largest absolute Gasteiger partial charge is 0.480 e. The number of anilines is 1. The van der Waals surface area contributed by atoms with E-state index in [-0.39, 0.29) is 52.1 Å². The number of nitro benzene ring substituents is 1. The zero-order valence-electron chi connectivity index (χ0n) is 24.1. The molecule has 230 valence electrons. The fraction of sp³-hybridized carbons (Fsp3) is 0.241. The molecule has 0 aliphatic heterocycles. The van der Waals surface area contributed by atoms with Crippen molar-refractivity contribution in [1.29, 1.82) is 0 Å². The fourth-order valence-corrected chi connectivity index (χ4v) is 5.99. The Kier molecular flexibility index (Phi) is 9.80. The predicted octanol–water partition coefficient (Wildman–Crippen LogP) is 5.71. The second-order valence-electron chi connectivity index (χ2n) is 9.77. The highest BCUT2D eigenvalue weighted by atomic mass is 32.1. The lowest BCUT2D eigenvalue weighted by atomic mass is 9.84. The summed E-state index contributed by atoms with van der Waals surface area (Å²) in [4.78, 5) is 38.9. The van der Waals surface area contributed by atoms with Crippen LogP contribution in [0.2, 0.25) is 0 Å². The van der Waals surface area contributed by atoms with Gasteiger partial charge in [-0.15, -0.1) is 10.2 Å². The molecule has 0 fully saturated rings. The maximum atomic E-state index is 15.1. The molecule has 12 nitrogen and oxygen atoms in total. The van der Waals surface area contributed by atoms with E-state index in [1.807, 2.05) is 0 Å². The number of aromatic nitrogens is 2. The minimum Gasteiger partial charge on any atom is -0.480 e. The molecule has 4 aromatic rings. The number of nitrogens with two attached hydrogens (primary N) is 1. The predicted molar refractivity (Wildman–Crippen MR) is 159 cm³/mol. The Bertz CT molecular complexity index is 1690. The van der Waals surface area contributed by atoms with E-state index in [9.17, 15) is 19.7 Å². The third-order valence-electron chi connectivity index (χ3n) is 6.58. The third-order valence-corrected chi connectivity index (χ3v) is 7.73. The molecule has 2 aromatic heterocycles. The van der Waals surface area contributed by atoms with Crippen LogP contribution >= 0.6 is 11.3 Å². The van der Waals surface area contributed by atoms with Crippen molar-refractivity contribution < 1.29 is 32.8 Å². The topological polar surface area (TPSA) is 163 Å². The quantitative estimate of drug-likeness (QED) is 0.157. The summed E-state index contributed by atoms with van der Waals surface area (Å²) in [5.74, 6) is -3.00. The summed E-state index contributed by atoms with van der Waals surface area (Å²) in [6, 6.07) is 10.4. The van der Waals surface area contributed by atoms with E-state index in [2.05, 4.69) is 15.5 Å². The lowest BCUT2D eigenvalue weighted by molar-refractivity contribution is -0.384. The Morgan fingerprint density at radius 1 is 1.14 bits per heavy atom. The average molecular weight is 627 g/mol. The molecule has 1 unspecified atom stereocenters. The third kappa shape index (κ3) is 6.79. The van der Waals surface area contributed by atoms with Gasteiger partial charge in [0, 0.05) is 46.7 Å². The number of halogens is 2. The van der Waals surface area contributed by atoms with Crippen molar-refractivity contribution in [3.63, 3.8) is 0 Å². The first-order chi connectivity index (χ1) is 20.9. The van der Waals surface area contributed by atoms with Gasteiger partial charge in [-0.3, -0.25) is 14.9 Å². The first kappa shape index (κ1) is 31.9. The number of nitrogens with one attached hydrogen (secondary N) is 1. The van der Waals surface area contributed by atoms with Gasteiger partial charge in [-0.05, 0) is 55.9 Å². The van der Waals surface area contributed by atoms with Crippen molar-refractivity contribution in [2.75, 3.05) is 26.5 Å². The number of rotatable bonds is 11. The normalized spacial score (nSPS) is 11.7. The lowest BCUT2D eigenvalue weighted by Gasteiger charge is -2.21. The highest BCUT2D eigenvalue weighted by Gasteiger charge is 2.32. The number of non-ortho nitro benzene ring substituents is 1. The summed E-state index contributed by atoms with van der Waals surface area (Å²) >= 11 is 0.890. The molecular formula is C29H28F2N6O6S. The molecule has 15 heteroatoms. The Labute approximate surface area is 254 Å². The van der Waals surface area contributed by atoms with Crippen LogP contribution in [0.25, 0.3) is 10.4 Å². The molecule has 0 spiro atoms. The minimum atomic E-state index is -1.18. The molecule has 2 aromatic carbocycles. The number of thiophene rings is 1. The maximum Gasteiger partial charge on any atom is 0.410 e. The first-order valence-corrected chi connectivity index (χ1v) is 14.0. The average Bonchev–Trinajstić information content (AvgIpc) is 3.31. The molecule has 44 heavy (non-hydrogen) atoms. The Balaban J connectivity index is 1.98. The Hall–Kier alpha value is -5.02. The standard InChI is InChI=1S/C29H28F2N6O6S/c1-5-16(24-20(30)7-6-8-21(24)31)18-13-15(37(40)41)9-10-17(18)26-19(14-36(2)3)25(28(44-26)43-29(32)39)27(38)33-22-11-12-23(42-4)35-34-22/h6-13,16H,5,14H2,1-4H3,(H2,32,39)(H,33,34,38). The summed E-state index contributed by atoms with van der Waals surface area (Å²) in [5.41, 5.74) is 5.71. The van der Waals surface area contributed by atoms with Crippen molar-refractivity contribution in [3.8, 4) is 21.4 Å². The van der Waals surface area contributed by atoms with Gasteiger partial charge in [0.15, 0.2) is 10.9 Å². The van der Waals surface area contributed by atoms with Crippen LogP contribution < -0.4 is 20.5 Å². The number of nitro groups is 1. The number of ether oxygens (including phenoxy) is 2. The molecule has 2 heterocycles. The van der Waals surface area contributed by atoms with Gasteiger partial charge in [0.1, 0.15) is 11.6 Å². The second kappa shape index (κ2) is 13.5. The van der Waals surface area contributed by atoms with Crippen LogP contribution in [-0.2, 0) is 6.54 Å². The summed E-state index contributed by atoms with van der Waals surface area (Å²) in [7, 11) is 4.90. The van der Waals surface area contributed by atoms with Crippen LogP contribution in [0.5, 0.6) is 10.9 Å². The van der Waals surface area contributed by atoms with Crippen LogP contribution in [0.15, 0.2) is 48.5 Å². The smallest absolute Gasteiger partial charge is 0.410 e. The minimum absolute atomic E-state index is 0.0514. The molecule has 0 bridgehead atoms. The number of amides is 2. The number of carbonyl (C=O) groups excluding carboxylic acids is 2. The zero-order valence-corrected chi connectivity index (χ0v) is 24.9. The SMILES string of the molecule is CCC(c1cc([N+](=O)[O-])ccc1-c1sc(OC(N)=O)c(C(=O)Nc2ccc(OC)nn2)c1CN(C)C)c1c(F)cccc1F. The van der Waals surface area contributed by atoms with E-state index < -0.39 is 34.5 Å². The van der Waals surface area contributed by atoms with Crippen LogP contribution in [0.4, 0.5) is 25.1 Å². The van der Waals surface area contributed by atoms with Crippen LogP contribution in [0.3, 0.4) is 0 Å². The molecule has 0 aliphatic rings. The van der Waals surface area contributed by atoms with Gasteiger partial charge in [-0.25, -0.2) is 13.6 Å². The van der Waals surface area contributed by atoms with E-state index >= 15 is 8.78 Å². The van der Waals surface area contributed by atoms with Crippen molar-refractivity contribution in [1.82, 2.24) is 15.1 Å². The van der Waals surface area contributed by atoms with E-state index in [0.717, 1.165) is 23.5 Å². The van der Waals surface area contributed by atoms with E-state index in [4.69, 9.17) is 15.2 Å². The summed E-state index contributed by atoms with van der Waals surface area (Å²) in [6.07, 6.45) is -1.01. The molecular weight excluding hydrogens is 598 g/mol. The highest BCUT2D eigenvalue weighted by Crippen LogP contribution is 2.47. The lowest BCUT2D eigenvalue weighted by Crippen LogP contribution is -2.21. The Morgan fingerprint density at radius 2 is 1.84 bits per heavy atom. The monoisotopic (exact) mass is 626 g/mol.